The maximum atomic E-state index is 13.8. The zero-order chi connectivity index (χ0) is 20.0. The molecule has 1 saturated carbocycles. The third kappa shape index (κ3) is 3.37. The Bertz CT molecular complexity index is 886. The van der Waals surface area contributed by atoms with Crippen LogP contribution in [0, 0.1) is 11.7 Å². The van der Waals surface area contributed by atoms with Crippen LogP contribution in [0.25, 0.3) is 0 Å². The van der Waals surface area contributed by atoms with E-state index in [4.69, 9.17) is 0 Å². The van der Waals surface area contributed by atoms with Crippen LogP contribution in [-0.2, 0) is 11.8 Å². The molecule has 0 aromatic carbocycles. The number of piperazine rings is 1. The number of carbonyl (C=O) groups is 1. The number of amides is 1. The molecule has 0 bridgehead atoms. The van der Waals surface area contributed by atoms with E-state index in [-0.39, 0.29) is 5.91 Å². The molecular formula is C20H26FN7O. The zero-order valence-corrected chi connectivity index (χ0v) is 16.7. The molecule has 5 rings (SSSR count). The van der Waals surface area contributed by atoms with Crippen LogP contribution in [-0.4, -0.2) is 68.8 Å². The first-order chi connectivity index (χ1) is 14.0. The van der Waals surface area contributed by atoms with Gasteiger partial charge in [0.05, 0.1) is 24.3 Å². The van der Waals surface area contributed by atoms with Crippen molar-refractivity contribution in [2.24, 2.45) is 13.0 Å². The van der Waals surface area contributed by atoms with E-state index in [0.717, 1.165) is 37.5 Å². The van der Waals surface area contributed by atoms with Crippen molar-refractivity contribution in [3.63, 3.8) is 0 Å². The van der Waals surface area contributed by atoms with E-state index in [2.05, 4.69) is 24.9 Å². The predicted molar refractivity (Wildman–Crippen MR) is 106 cm³/mol. The highest BCUT2D eigenvalue weighted by Gasteiger charge is 2.52. The number of aromatic nitrogens is 4. The quantitative estimate of drug-likeness (QED) is 0.775. The van der Waals surface area contributed by atoms with E-state index in [1.165, 1.54) is 25.2 Å². The van der Waals surface area contributed by atoms with Crippen LogP contribution < -0.4 is 9.80 Å². The molecule has 8 nitrogen and oxygen atoms in total. The number of carbonyl (C=O) groups excluding carboxylic acids is 1. The normalized spacial score (nSPS) is 22.5. The Morgan fingerprint density at radius 3 is 2.45 bits per heavy atom. The second-order valence-electron chi connectivity index (χ2n) is 8.44. The molecule has 2 aromatic rings. The van der Waals surface area contributed by atoms with Crippen molar-refractivity contribution in [3.8, 4) is 0 Å². The molecule has 0 radical (unpaired) electrons. The summed E-state index contributed by atoms with van der Waals surface area (Å²) in [6.07, 6.45) is 10.0. The fourth-order valence-corrected chi connectivity index (χ4v) is 4.67. The SMILES string of the molecule is Cn1cc(N2CCN(CC3CC3)C3(CCN(c4ncc(F)cn4)CC3)C2=O)cn1. The second-order valence-corrected chi connectivity index (χ2v) is 8.44. The lowest BCUT2D eigenvalue weighted by molar-refractivity contribution is -0.136. The molecule has 1 amide bonds. The third-order valence-electron chi connectivity index (χ3n) is 6.50. The molecule has 0 unspecified atom stereocenters. The van der Waals surface area contributed by atoms with Gasteiger partial charge in [-0.3, -0.25) is 14.4 Å². The van der Waals surface area contributed by atoms with E-state index in [9.17, 15) is 9.18 Å². The van der Waals surface area contributed by atoms with Gasteiger partial charge >= 0.3 is 0 Å². The van der Waals surface area contributed by atoms with Gasteiger partial charge in [0, 0.05) is 46.0 Å². The van der Waals surface area contributed by atoms with Gasteiger partial charge in [-0.1, -0.05) is 0 Å². The Hall–Kier alpha value is -2.55. The van der Waals surface area contributed by atoms with Gasteiger partial charge in [-0.25, -0.2) is 14.4 Å². The minimum atomic E-state index is -0.493. The van der Waals surface area contributed by atoms with Crippen LogP contribution in [0.1, 0.15) is 25.7 Å². The lowest BCUT2D eigenvalue weighted by atomic mass is 9.82. The van der Waals surface area contributed by atoms with Gasteiger partial charge in [-0.2, -0.15) is 5.10 Å². The molecule has 3 aliphatic rings. The number of halogens is 1. The van der Waals surface area contributed by atoms with Crippen molar-refractivity contribution >= 4 is 17.5 Å². The third-order valence-corrected chi connectivity index (χ3v) is 6.50. The van der Waals surface area contributed by atoms with Crippen LogP contribution >= 0.6 is 0 Å². The summed E-state index contributed by atoms with van der Waals surface area (Å²) in [6.45, 7) is 3.94. The summed E-state index contributed by atoms with van der Waals surface area (Å²) in [5.74, 6) is 0.995. The fourth-order valence-electron chi connectivity index (χ4n) is 4.67. The van der Waals surface area contributed by atoms with Gasteiger partial charge in [0.25, 0.3) is 0 Å². The highest BCUT2D eigenvalue weighted by molar-refractivity contribution is 6.01. The van der Waals surface area contributed by atoms with Crippen LogP contribution in [0.3, 0.4) is 0 Å². The first kappa shape index (κ1) is 18.5. The van der Waals surface area contributed by atoms with Gasteiger partial charge in [0.2, 0.25) is 11.9 Å². The summed E-state index contributed by atoms with van der Waals surface area (Å²) in [4.78, 5) is 28.4. The first-order valence-electron chi connectivity index (χ1n) is 10.3. The summed E-state index contributed by atoms with van der Waals surface area (Å²) >= 11 is 0. The Morgan fingerprint density at radius 2 is 1.83 bits per heavy atom. The number of anilines is 2. The van der Waals surface area contributed by atoms with Crippen molar-refractivity contribution in [2.45, 2.75) is 31.2 Å². The molecule has 2 aromatic heterocycles. The Kier molecular flexibility index (Phi) is 4.49. The molecule has 3 fully saturated rings. The topological polar surface area (TPSA) is 70.4 Å². The Labute approximate surface area is 169 Å². The molecule has 2 saturated heterocycles. The van der Waals surface area contributed by atoms with Crippen molar-refractivity contribution in [1.29, 1.82) is 0 Å². The highest BCUT2D eigenvalue weighted by Crippen LogP contribution is 2.40. The van der Waals surface area contributed by atoms with E-state index >= 15 is 0 Å². The number of piperidine rings is 1. The van der Waals surface area contributed by atoms with Gasteiger partial charge in [-0.15, -0.1) is 0 Å². The van der Waals surface area contributed by atoms with E-state index in [1.807, 2.05) is 18.1 Å². The lowest BCUT2D eigenvalue weighted by Gasteiger charge is -2.52. The van der Waals surface area contributed by atoms with Crippen LogP contribution in [0.5, 0.6) is 0 Å². The monoisotopic (exact) mass is 399 g/mol. The number of rotatable bonds is 4. The number of nitrogens with zero attached hydrogens (tertiary/aromatic N) is 7. The molecular weight excluding hydrogens is 373 g/mol. The molecule has 29 heavy (non-hydrogen) atoms. The standard InChI is InChI=1S/C20H26FN7O/c1-25-14-17(12-24-25)28-9-8-27(13-15-2-3-15)20(18(28)29)4-6-26(7-5-20)19-22-10-16(21)11-23-19/h10-12,14-15H,2-9,13H2,1H3. The molecule has 0 N–H and O–H groups in total. The average molecular weight is 399 g/mol. The van der Waals surface area contributed by atoms with Gasteiger partial charge in [0.1, 0.15) is 5.54 Å². The number of aryl methyl sites for hydroxylation is 1. The second kappa shape index (κ2) is 7.05. The van der Waals surface area contributed by atoms with E-state index < -0.39 is 11.4 Å². The minimum Gasteiger partial charge on any atom is -0.341 e. The smallest absolute Gasteiger partial charge is 0.247 e. The van der Waals surface area contributed by atoms with Crippen LogP contribution in [0.2, 0.25) is 0 Å². The van der Waals surface area contributed by atoms with Crippen LogP contribution in [0.4, 0.5) is 16.0 Å². The fraction of sp³-hybridized carbons (Fsp3) is 0.600. The van der Waals surface area contributed by atoms with Crippen molar-refractivity contribution in [3.05, 3.63) is 30.6 Å². The number of hydrogen-bond donors (Lipinski definition) is 0. The predicted octanol–water partition coefficient (Wildman–Crippen LogP) is 1.45. The first-order valence-corrected chi connectivity index (χ1v) is 10.3. The molecule has 154 valence electrons. The largest absolute Gasteiger partial charge is 0.341 e. The average Bonchev–Trinajstić information content (AvgIpc) is 3.45. The molecule has 0 atom stereocenters. The summed E-state index contributed by atoms with van der Waals surface area (Å²) in [5, 5.41) is 4.25. The zero-order valence-electron chi connectivity index (χ0n) is 16.7. The van der Waals surface area contributed by atoms with E-state index in [0.29, 0.717) is 25.6 Å². The van der Waals surface area contributed by atoms with Crippen molar-refractivity contribution < 1.29 is 9.18 Å². The van der Waals surface area contributed by atoms with Gasteiger partial charge in [-0.05, 0) is 31.6 Å². The van der Waals surface area contributed by atoms with Crippen LogP contribution in [0.15, 0.2) is 24.8 Å². The maximum absolute atomic E-state index is 13.8. The molecule has 1 spiro atoms. The molecule has 9 heteroatoms. The minimum absolute atomic E-state index is 0.178. The number of hydrogen-bond acceptors (Lipinski definition) is 6. The molecule has 2 aliphatic heterocycles. The summed E-state index contributed by atoms with van der Waals surface area (Å²) < 4.78 is 14.9. The highest BCUT2D eigenvalue weighted by atomic mass is 19.1. The summed E-state index contributed by atoms with van der Waals surface area (Å²) in [5.41, 5.74) is 0.375. The van der Waals surface area contributed by atoms with Crippen molar-refractivity contribution in [2.75, 3.05) is 42.5 Å². The molecule has 4 heterocycles. The molecule has 1 aliphatic carbocycles. The Balaban J connectivity index is 1.39. The van der Waals surface area contributed by atoms with Gasteiger partial charge < -0.3 is 9.80 Å². The summed E-state index contributed by atoms with van der Waals surface area (Å²) in [7, 11) is 1.87. The lowest BCUT2D eigenvalue weighted by Crippen LogP contribution is -2.69. The van der Waals surface area contributed by atoms with Gasteiger partial charge in [0.15, 0.2) is 5.82 Å². The summed E-state index contributed by atoms with van der Waals surface area (Å²) in [6, 6.07) is 0. The Morgan fingerprint density at radius 1 is 1.10 bits per heavy atom. The van der Waals surface area contributed by atoms with Crippen molar-refractivity contribution in [1.82, 2.24) is 24.6 Å². The van der Waals surface area contributed by atoms with E-state index in [1.54, 1.807) is 10.9 Å². The maximum Gasteiger partial charge on any atom is 0.247 e.